The van der Waals surface area contributed by atoms with E-state index in [1.54, 1.807) is 48.5 Å². The highest BCUT2D eigenvalue weighted by Gasteiger charge is 2.07. The standard InChI is InChI=1S/C22H28O4/c1-2-3-4-5-6-7-11-18-24-19-14-16-21(17-15-19)26-22(23)25-20-12-9-8-10-13-20/h8-10,12-17H,2-7,11,18H2,1H3. The summed E-state index contributed by atoms with van der Waals surface area (Å²) >= 11 is 0. The van der Waals surface area contributed by atoms with Crippen molar-refractivity contribution in [2.24, 2.45) is 0 Å². The van der Waals surface area contributed by atoms with Crippen molar-refractivity contribution in [3.63, 3.8) is 0 Å². The predicted molar refractivity (Wildman–Crippen MR) is 103 cm³/mol. The maximum Gasteiger partial charge on any atom is 0.519 e. The van der Waals surface area contributed by atoms with Crippen molar-refractivity contribution < 1.29 is 19.0 Å². The Balaban J connectivity index is 1.62. The first-order chi connectivity index (χ1) is 12.8. The normalized spacial score (nSPS) is 10.3. The lowest BCUT2D eigenvalue weighted by molar-refractivity contribution is 0.152. The Morgan fingerprint density at radius 2 is 1.23 bits per heavy atom. The summed E-state index contributed by atoms with van der Waals surface area (Å²) in [5, 5.41) is 0. The molecule has 0 aliphatic heterocycles. The molecule has 0 aliphatic carbocycles. The van der Waals surface area contributed by atoms with E-state index in [0.717, 1.165) is 12.2 Å². The third kappa shape index (κ3) is 8.06. The second-order valence-corrected chi connectivity index (χ2v) is 6.21. The van der Waals surface area contributed by atoms with Gasteiger partial charge in [-0.2, -0.15) is 0 Å². The molecular weight excluding hydrogens is 328 g/mol. The van der Waals surface area contributed by atoms with Crippen molar-refractivity contribution in [2.75, 3.05) is 6.61 Å². The van der Waals surface area contributed by atoms with Gasteiger partial charge in [0.2, 0.25) is 0 Å². The number of unbranched alkanes of at least 4 members (excludes halogenated alkanes) is 6. The van der Waals surface area contributed by atoms with E-state index in [4.69, 9.17) is 14.2 Å². The summed E-state index contributed by atoms with van der Waals surface area (Å²) in [6.07, 6.45) is 8.07. The highest BCUT2D eigenvalue weighted by molar-refractivity contribution is 5.67. The molecule has 0 bridgehead atoms. The second kappa shape index (κ2) is 12.0. The van der Waals surface area contributed by atoms with Gasteiger partial charge in [0.25, 0.3) is 0 Å². The van der Waals surface area contributed by atoms with Gasteiger partial charge in [-0.15, -0.1) is 0 Å². The van der Waals surface area contributed by atoms with Crippen LogP contribution in [0.15, 0.2) is 54.6 Å². The van der Waals surface area contributed by atoms with Crippen LogP contribution in [0, 0.1) is 0 Å². The Morgan fingerprint density at radius 1 is 0.692 bits per heavy atom. The molecule has 0 saturated heterocycles. The van der Waals surface area contributed by atoms with Crippen molar-refractivity contribution in [1.29, 1.82) is 0 Å². The van der Waals surface area contributed by atoms with Gasteiger partial charge in [-0.3, -0.25) is 0 Å². The molecule has 0 atom stereocenters. The molecule has 2 rings (SSSR count). The molecule has 4 nitrogen and oxygen atoms in total. The summed E-state index contributed by atoms with van der Waals surface area (Å²) in [4.78, 5) is 11.7. The minimum Gasteiger partial charge on any atom is -0.494 e. The molecule has 0 radical (unpaired) electrons. The summed E-state index contributed by atoms with van der Waals surface area (Å²) in [5.74, 6) is 1.65. The maximum atomic E-state index is 11.7. The van der Waals surface area contributed by atoms with Crippen molar-refractivity contribution in [1.82, 2.24) is 0 Å². The molecular formula is C22H28O4. The Labute approximate surface area is 156 Å². The number of carbonyl (C=O) groups excluding carboxylic acids is 1. The van der Waals surface area contributed by atoms with Gasteiger partial charge in [-0.25, -0.2) is 4.79 Å². The van der Waals surface area contributed by atoms with Gasteiger partial charge in [0.15, 0.2) is 0 Å². The SMILES string of the molecule is CCCCCCCCCOc1ccc(OC(=O)Oc2ccccc2)cc1. The minimum absolute atomic E-state index is 0.425. The Kier molecular flexibility index (Phi) is 9.12. The van der Waals surface area contributed by atoms with E-state index in [1.165, 1.54) is 38.5 Å². The number of benzene rings is 2. The molecule has 2 aromatic rings. The summed E-state index contributed by atoms with van der Waals surface area (Å²) in [7, 11) is 0. The summed E-state index contributed by atoms with van der Waals surface area (Å²) in [6, 6.07) is 15.8. The molecule has 4 heteroatoms. The largest absolute Gasteiger partial charge is 0.519 e. The third-order valence-electron chi connectivity index (χ3n) is 3.99. The number of hydrogen-bond donors (Lipinski definition) is 0. The zero-order chi connectivity index (χ0) is 18.5. The molecule has 2 aromatic carbocycles. The van der Waals surface area contributed by atoms with Crippen LogP contribution in [0.4, 0.5) is 4.79 Å². The van der Waals surface area contributed by atoms with Crippen LogP contribution < -0.4 is 14.2 Å². The summed E-state index contributed by atoms with van der Waals surface area (Å²) in [6.45, 7) is 2.94. The van der Waals surface area contributed by atoms with E-state index in [1.807, 2.05) is 6.07 Å². The van der Waals surface area contributed by atoms with Gasteiger partial charge in [0.1, 0.15) is 17.2 Å². The summed E-state index contributed by atoms with van der Waals surface area (Å²) < 4.78 is 15.9. The maximum absolute atomic E-state index is 11.7. The van der Waals surface area contributed by atoms with Crippen LogP contribution in [-0.2, 0) is 0 Å². The lowest BCUT2D eigenvalue weighted by Gasteiger charge is -2.08. The van der Waals surface area contributed by atoms with E-state index in [0.29, 0.717) is 18.1 Å². The Hall–Kier alpha value is -2.49. The smallest absolute Gasteiger partial charge is 0.494 e. The second-order valence-electron chi connectivity index (χ2n) is 6.21. The monoisotopic (exact) mass is 356 g/mol. The van der Waals surface area contributed by atoms with E-state index >= 15 is 0 Å². The molecule has 0 saturated carbocycles. The predicted octanol–water partition coefficient (Wildman–Crippen LogP) is 6.39. The van der Waals surface area contributed by atoms with E-state index < -0.39 is 6.16 Å². The molecule has 0 spiro atoms. The first kappa shape index (κ1) is 19.8. The van der Waals surface area contributed by atoms with Crippen LogP contribution in [0.2, 0.25) is 0 Å². The topological polar surface area (TPSA) is 44.8 Å². The zero-order valence-corrected chi connectivity index (χ0v) is 15.5. The molecule has 26 heavy (non-hydrogen) atoms. The molecule has 0 amide bonds. The fraction of sp³-hybridized carbons (Fsp3) is 0.409. The third-order valence-corrected chi connectivity index (χ3v) is 3.99. The van der Waals surface area contributed by atoms with E-state index in [9.17, 15) is 4.79 Å². The van der Waals surface area contributed by atoms with Crippen LogP contribution >= 0.6 is 0 Å². The van der Waals surface area contributed by atoms with Crippen molar-refractivity contribution in [3.8, 4) is 17.2 Å². The first-order valence-electron chi connectivity index (χ1n) is 9.45. The Bertz CT molecular complexity index is 622. The molecule has 140 valence electrons. The average molecular weight is 356 g/mol. The fourth-order valence-electron chi connectivity index (χ4n) is 2.55. The molecule has 0 fully saturated rings. The fourth-order valence-corrected chi connectivity index (χ4v) is 2.55. The molecule has 0 aromatic heterocycles. The highest BCUT2D eigenvalue weighted by atomic mass is 16.7. The minimum atomic E-state index is -0.757. The zero-order valence-electron chi connectivity index (χ0n) is 15.5. The number of para-hydroxylation sites is 1. The highest BCUT2D eigenvalue weighted by Crippen LogP contribution is 2.19. The van der Waals surface area contributed by atoms with Crippen LogP contribution in [0.25, 0.3) is 0 Å². The van der Waals surface area contributed by atoms with Gasteiger partial charge in [0.05, 0.1) is 6.61 Å². The van der Waals surface area contributed by atoms with Crippen LogP contribution in [-0.4, -0.2) is 12.8 Å². The lowest BCUT2D eigenvalue weighted by atomic mass is 10.1. The van der Waals surface area contributed by atoms with Gasteiger partial charge < -0.3 is 14.2 Å². The quantitative estimate of drug-likeness (QED) is 0.266. The van der Waals surface area contributed by atoms with Crippen molar-refractivity contribution in [2.45, 2.75) is 51.9 Å². The number of ether oxygens (including phenoxy) is 3. The van der Waals surface area contributed by atoms with Crippen molar-refractivity contribution in [3.05, 3.63) is 54.6 Å². The van der Waals surface area contributed by atoms with E-state index in [2.05, 4.69) is 6.92 Å². The van der Waals surface area contributed by atoms with Gasteiger partial charge in [-0.1, -0.05) is 63.6 Å². The summed E-state index contributed by atoms with van der Waals surface area (Å²) in [5.41, 5.74) is 0. The van der Waals surface area contributed by atoms with Crippen LogP contribution in [0.1, 0.15) is 51.9 Å². The van der Waals surface area contributed by atoms with Crippen molar-refractivity contribution >= 4 is 6.16 Å². The molecule has 0 N–H and O–H groups in total. The van der Waals surface area contributed by atoms with Gasteiger partial charge in [0, 0.05) is 0 Å². The van der Waals surface area contributed by atoms with E-state index in [-0.39, 0.29) is 0 Å². The van der Waals surface area contributed by atoms with Crippen LogP contribution in [0.3, 0.4) is 0 Å². The number of carbonyl (C=O) groups is 1. The molecule has 0 heterocycles. The average Bonchev–Trinajstić information content (AvgIpc) is 2.66. The lowest BCUT2D eigenvalue weighted by Crippen LogP contribution is -2.13. The molecule has 0 aliphatic rings. The number of rotatable bonds is 11. The number of hydrogen-bond acceptors (Lipinski definition) is 4. The van der Waals surface area contributed by atoms with Gasteiger partial charge >= 0.3 is 6.16 Å². The molecule has 0 unspecified atom stereocenters. The Morgan fingerprint density at radius 3 is 1.88 bits per heavy atom. The van der Waals surface area contributed by atoms with Gasteiger partial charge in [-0.05, 0) is 42.8 Å². The van der Waals surface area contributed by atoms with Crippen LogP contribution in [0.5, 0.6) is 17.2 Å². The first-order valence-corrected chi connectivity index (χ1v) is 9.45.